The number of allylic oxidation sites excluding steroid dienone is 26. The summed E-state index contributed by atoms with van der Waals surface area (Å²) in [6.45, 7) is 0. The van der Waals surface area contributed by atoms with Crippen molar-refractivity contribution in [2.45, 2.75) is 121 Å². The van der Waals surface area contributed by atoms with Crippen LogP contribution in [0.1, 0.15) is 126 Å². The summed E-state index contributed by atoms with van der Waals surface area (Å²) in [7, 11) is 0. The predicted molar refractivity (Wildman–Crippen MR) is 240 cm³/mol. The van der Waals surface area contributed by atoms with Crippen molar-refractivity contribution in [2.24, 2.45) is 17.8 Å². The summed E-state index contributed by atoms with van der Waals surface area (Å²) in [5, 5.41) is 0. The molecule has 0 saturated heterocycles. The Hall–Kier alpha value is -4.82. The molecule has 2 heteroatoms. The van der Waals surface area contributed by atoms with Crippen LogP contribution in [0.5, 0.6) is 5.75 Å². The van der Waals surface area contributed by atoms with Gasteiger partial charge in [0.25, 0.3) is 0 Å². The summed E-state index contributed by atoms with van der Waals surface area (Å²) in [5.41, 5.74) is 16.7. The van der Waals surface area contributed by atoms with E-state index >= 15 is 0 Å². The van der Waals surface area contributed by atoms with Crippen molar-refractivity contribution in [3.05, 3.63) is 195 Å². The summed E-state index contributed by atoms with van der Waals surface area (Å²) in [5.74, 6) is 4.85. The van der Waals surface area contributed by atoms with Gasteiger partial charge in [0.15, 0.2) is 0 Å². The van der Waals surface area contributed by atoms with E-state index in [9.17, 15) is 0 Å². The fourth-order valence-corrected chi connectivity index (χ4v) is 12.2. The normalized spacial score (nSPS) is 30.9. The second kappa shape index (κ2) is 15.7. The quantitative estimate of drug-likeness (QED) is 0.257. The molecule has 0 N–H and O–H groups in total. The number of benzene rings is 1. The summed E-state index contributed by atoms with van der Waals surface area (Å²) in [6.07, 6.45) is 62.7. The van der Waals surface area contributed by atoms with Crippen LogP contribution >= 0.6 is 0 Å². The maximum Gasteiger partial charge on any atom is 0.134 e. The summed E-state index contributed by atoms with van der Waals surface area (Å²) >= 11 is 0. The lowest BCUT2D eigenvalue weighted by atomic mass is 9.72. The predicted octanol–water partition coefficient (Wildman–Crippen LogP) is 14.5. The molecule has 10 aliphatic rings. The van der Waals surface area contributed by atoms with Gasteiger partial charge in [-0.1, -0.05) is 115 Å². The first-order chi connectivity index (χ1) is 28.8. The number of rotatable bonds is 7. The first kappa shape index (κ1) is 36.3. The van der Waals surface area contributed by atoms with Crippen LogP contribution in [0, 0.1) is 17.8 Å². The van der Waals surface area contributed by atoms with Crippen LogP contribution in [0.25, 0.3) is 0 Å². The van der Waals surface area contributed by atoms with E-state index in [0.717, 1.165) is 69.3 Å². The minimum atomic E-state index is 0.324. The maximum absolute atomic E-state index is 6.71. The van der Waals surface area contributed by atoms with E-state index in [0.29, 0.717) is 35.6 Å². The summed E-state index contributed by atoms with van der Waals surface area (Å²) in [4.78, 5) is 2.81. The molecule has 58 heavy (non-hydrogen) atoms. The third kappa shape index (κ3) is 6.65. The Morgan fingerprint density at radius 3 is 2.36 bits per heavy atom. The molecule has 1 aromatic rings. The van der Waals surface area contributed by atoms with Crippen LogP contribution in [0.15, 0.2) is 184 Å². The molecule has 0 bridgehead atoms. The fourth-order valence-electron chi connectivity index (χ4n) is 12.2. The van der Waals surface area contributed by atoms with Gasteiger partial charge in [0.05, 0.1) is 6.04 Å². The molecule has 0 fully saturated rings. The van der Waals surface area contributed by atoms with Crippen LogP contribution in [0.3, 0.4) is 0 Å². The summed E-state index contributed by atoms with van der Waals surface area (Å²) < 4.78 is 6.71. The smallest absolute Gasteiger partial charge is 0.134 e. The number of ether oxygens (including phenoxy) is 1. The largest absolute Gasteiger partial charge is 0.460 e. The van der Waals surface area contributed by atoms with Crippen molar-refractivity contribution < 1.29 is 4.74 Å². The third-order valence-electron chi connectivity index (χ3n) is 15.1. The highest BCUT2D eigenvalue weighted by Crippen LogP contribution is 2.52. The maximum atomic E-state index is 6.71. The number of nitrogens with zero attached hydrogens (tertiary/aromatic N) is 1. The molecule has 1 aliphatic heterocycles. The minimum absolute atomic E-state index is 0.324. The van der Waals surface area contributed by atoms with Crippen LogP contribution in [-0.4, -0.2) is 10.9 Å². The standard InChI is InChI=1S/C56H59NO/c1-2-13-40(14-3-1)51-24-12-25-52-53-37-43(31-36-55(53)58-56(51)52)49-21-9-8-20-47(49)41-27-32-44(33-28-41)57(54-26-11-18-39-16-5-7-22-50(39)54)45-34-29-42(30-35-45)48-23-10-17-38-15-4-6-19-46(38)48/h1-2,5-6,8,10,12,16-20,24-25,27,29,31-34,36,40-42,45,48,53H,3-4,7,9,11,13-15,21-23,26,28,30,35,37H2. The minimum Gasteiger partial charge on any atom is -0.460 e. The van der Waals surface area contributed by atoms with E-state index in [1.54, 1.807) is 28.0 Å². The molecule has 294 valence electrons. The number of hydrogen-bond donors (Lipinski definition) is 0. The van der Waals surface area contributed by atoms with Gasteiger partial charge in [0.2, 0.25) is 0 Å². The Balaban J connectivity index is 0.863. The van der Waals surface area contributed by atoms with Gasteiger partial charge in [-0.15, -0.1) is 0 Å². The molecule has 11 rings (SSSR count). The molecule has 2 nitrogen and oxygen atoms in total. The van der Waals surface area contributed by atoms with Gasteiger partial charge < -0.3 is 9.64 Å². The van der Waals surface area contributed by atoms with E-state index in [1.165, 1.54) is 78.5 Å². The van der Waals surface area contributed by atoms with Gasteiger partial charge in [0.1, 0.15) is 11.5 Å². The first-order valence-corrected chi connectivity index (χ1v) is 23.0. The molecule has 1 aromatic carbocycles. The van der Waals surface area contributed by atoms with Crippen molar-refractivity contribution >= 4 is 0 Å². The van der Waals surface area contributed by atoms with Crippen molar-refractivity contribution in [3.8, 4) is 5.75 Å². The number of hydrogen-bond acceptors (Lipinski definition) is 2. The SMILES string of the molecule is C1=CC2=C(C=CCC2C2C=CC(N(C3=CCC(C4=C(C5=CC=C6Oc7c(C8CC=CCC8)cccc7C6C5)CCC=C4)C=C3)C3=C4CCC=CC4=CCC3)CC2)CC1. The van der Waals surface area contributed by atoms with Crippen molar-refractivity contribution in [1.29, 1.82) is 0 Å². The Morgan fingerprint density at radius 2 is 1.50 bits per heavy atom. The van der Waals surface area contributed by atoms with Gasteiger partial charge in [0, 0.05) is 28.8 Å². The second-order valence-corrected chi connectivity index (χ2v) is 18.4. The lowest BCUT2D eigenvalue weighted by Crippen LogP contribution is -2.37. The van der Waals surface area contributed by atoms with E-state index in [4.69, 9.17) is 4.74 Å². The van der Waals surface area contributed by atoms with Crippen LogP contribution in [0.4, 0.5) is 0 Å². The molecule has 6 unspecified atom stereocenters. The topological polar surface area (TPSA) is 12.5 Å². The Labute approximate surface area is 347 Å². The van der Waals surface area contributed by atoms with Crippen LogP contribution in [-0.2, 0) is 0 Å². The lowest BCUT2D eigenvalue weighted by molar-refractivity contribution is 0.288. The molecular formula is C56H59NO. The van der Waals surface area contributed by atoms with E-state index in [-0.39, 0.29) is 0 Å². The van der Waals surface area contributed by atoms with E-state index in [2.05, 4.69) is 132 Å². The molecule has 0 radical (unpaired) electrons. The van der Waals surface area contributed by atoms with Crippen LogP contribution in [0.2, 0.25) is 0 Å². The molecule has 9 aliphatic carbocycles. The molecule has 0 amide bonds. The zero-order valence-electron chi connectivity index (χ0n) is 34.3. The molecule has 0 spiro atoms. The molecule has 1 heterocycles. The highest BCUT2D eigenvalue weighted by Gasteiger charge is 2.37. The average molecular weight is 762 g/mol. The number of fused-ring (bicyclic) bond motifs is 4. The molecule has 0 aromatic heterocycles. The zero-order chi connectivity index (χ0) is 38.4. The second-order valence-electron chi connectivity index (χ2n) is 18.4. The van der Waals surface area contributed by atoms with E-state index in [1.807, 2.05) is 0 Å². The lowest BCUT2D eigenvalue weighted by Gasteiger charge is -2.42. The Morgan fingerprint density at radius 1 is 0.621 bits per heavy atom. The highest BCUT2D eigenvalue weighted by atomic mass is 16.5. The highest BCUT2D eigenvalue weighted by molar-refractivity contribution is 5.58. The molecule has 6 atom stereocenters. The fraction of sp³-hybridized carbons (Fsp3) is 0.393. The van der Waals surface area contributed by atoms with E-state index < -0.39 is 0 Å². The van der Waals surface area contributed by atoms with Gasteiger partial charge in [-0.3, -0.25) is 0 Å². The average Bonchev–Trinajstić information content (AvgIpc) is 3.68. The van der Waals surface area contributed by atoms with Gasteiger partial charge >= 0.3 is 0 Å². The van der Waals surface area contributed by atoms with Crippen molar-refractivity contribution in [2.75, 3.05) is 0 Å². The van der Waals surface area contributed by atoms with Crippen LogP contribution < -0.4 is 4.74 Å². The van der Waals surface area contributed by atoms with Crippen molar-refractivity contribution in [3.63, 3.8) is 0 Å². The van der Waals surface area contributed by atoms with Gasteiger partial charge in [-0.2, -0.15) is 0 Å². The molecular weight excluding hydrogens is 703 g/mol. The first-order valence-electron chi connectivity index (χ1n) is 23.0. The van der Waals surface area contributed by atoms with Crippen molar-refractivity contribution in [1.82, 2.24) is 4.90 Å². The zero-order valence-corrected chi connectivity index (χ0v) is 34.3. The third-order valence-corrected chi connectivity index (χ3v) is 15.1. The molecule has 0 saturated carbocycles. The Kier molecular flexibility index (Phi) is 9.85. The monoisotopic (exact) mass is 761 g/mol. The van der Waals surface area contributed by atoms with Gasteiger partial charge in [-0.05, 0) is 177 Å². The van der Waals surface area contributed by atoms with Gasteiger partial charge in [-0.25, -0.2) is 0 Å². The summed E-state index contributed by atoms with van der Waals surface area (Å²) in [6, 6.07) is 7.35. The number of para-hydroxylation sites is 1. The Bertz CT molecular complexity index is 2310.